The van der Waals surface area contributed by atoms with Crippen LogP contribution < -0.4 is 5.32 Å². The molecular weight excluding hydrogens is 222 g/mol. The lowest BCUT2D eigenvalue weighted by molar-refractivity contribution is -0.119. The maximum atomic E-state index is 11.5. The predicted molar refractivity (Wildman–Crippen MR) is 66.7 cm³/mol. The van der Waals surface area contributed by atoms with Crippen molar-refractivity contribution in [3.63, 3.8) is 0 Å². The number of nitrogens with one attached hydrogen (secondary N) is 1. The number of hydrogen-bond donors (Lipinski definition) is 2. The number of para-hydroxylation sites is 1. The molecule has 0 spiro atoms. The number of rotatable bonds is 3. The molecule has 1 amide bonds. The minimum absolute atomic E-state index is 0.0271. The number of aromatic hydroxyl groups is 1. The van der Waals surface area contributed by atoms with Crippen LogP contribution in [0.4, 0.5) is 0 Å². The van der Waals surface area contributed by atoms with Gasteiger partial charge in [-0.2, -0.15) is 0 Å². The van der Waals surface area contributed by atoms with Gasteiger partial charge in [0.25, 0.3) is 0 Å². The average Bonchev–Trinajstić information content (AvgIpc) is 2.14. The molecular formula is C12H17NO2S. The van der Waals surface area contributed by atoms with Crippen LogP contribution in [-0.2, 0) is 4.79 Å². The van der Waals surface area contributed by atoms with Gasteiger partial charge in [0.05, 0.1) is 5.75 Å². The number of thioether (sulfide) groups is 1. The van der Waals surface area contributed by atoms with Crippen LogP contribution in [0.3, 0.4) is 0 Å². The fourth-order valence-electron chi connectivity index (χ4n) is 1.18. The third-order valence-electron chi connectivity index (χ3n) is 1.74. The fourth-order valence-corrected chi connectivity index (χ4v) is 1.93. The molecule has 0 aliphatic rings. The summed E-state index contributed by atoms with van der Waals surface area (Å²) in [6.45, 7) is 5.82. The summed E-state index contributed by atoms with van der Waals surface area (Å²) in [5.41, 5.74) is -0.212. The predicted octanol–water partition coefficient (Wildman–Crippen LogP) is 2.40. The molecule has 0 saturated heterocycles. The summed E-state index contributed by atoms with van der Waals surface area (Å²) >= 11 is 1.33. The molecule has 4 heteroatoms. The Morgan fingerprint density at radius 1 is 1.38 bits per heavy atom. The molecule has 1 rings (SSSR count). The molecule has 0 aromatic heterocycles. The summed E-state index contributed by atoms with van der Waals surface area (Å²) < 4.78 is 0. The second-order valence-corrected chi connectivity index (χ2v) is 5.57. The third-order valence-corrected chi connectivity index (χ3v) is 2.80. The molecule has 0 unspecified atom stereocenters. The van der Waals surface area contributed by atoms with E-state index < -0.39 is 0 Å². The van der Waals surface area contributed by atoms with E-state index in [2.05, 4.69) is 5.32 Å². The van der Waals surface area contributed by atoms with Gasteiger partial charge in [0.1, 0.15) is 5.75 Å². The normalized spacial score (nSPS) is 11.2. The molecule has 0 radical (unpaired) electrons. The molecule has 16 heavy (non-hydrogen) atoms. The Morgan fingerprint density at radius 3 is 2.56 bits per heavy atom. The highest BCUT2D eigenvalue weighted by atomic mass is 32.2. The molecule has 0 atom stereocenters. The molecule has 1 aromatic carbocycles. The molecule has 0 aliphatic heterocycles. The van der Waals surface area contributed by atoms with Crippen LogP contribution in [0.25, 0.3) is 0 Å². The Hall–Kier alpha value is -1.16. The van der Waals surface area contributed by atoms with Crippen molar-refractivity contribution >= 4 is 17.7 Å². The van der Waals surface area contributed by atoms with Gasteiger partial charge in [-0.1, -0.05) is 12.1 Å². The third kappa shape index (κ3) is 4.57. The highest BCUT2D eigenvalue weighted by molar-refractivity contribution is 8.00. The Balaban J connectivity index is 2.47. The number of phenolic OH excluding ortho intramolecular Hbond substituents is 1. The lowest BCUT2D eigenvalue weighted by Crippen LogP contribution is -2.41. The highest BCUT2D eigenvalue weighted by Gasteiger charge is 2.14. The summed E-state index contributed by atoms with van der Waals surface area (Å²) in [6, 6.07) is 7.01. The summed E-state index contributed by atoms with van der Waals surface area (Å²) in [4.78, 5) is 12.3. The van der Waals surface area contributed by atoms with Crippen LogP contribution in [0, 0.1) is 0 Å². The molecule has 1 aromatic rings. The van der Waals surface area contributed by atoms with Crippen molar-refractivity contribution in [1.29, 1.82) is 0 Å². The monoisotopic (exact) mass is 239 g/mol. The first-order chi connectivity index (χ1) is 7.38. The highest BCUT2D eigenvalue weighted by Crippen LogP contribution is 2.27. The van der Waals surface area contributed by atoms with E-state index in [0.29, 0.717) is 5.75 Å². The second-order valence-electron chi connectivity index (χ2n) is 4.55. The molecule has 3 nitrogen and oxygen atoms in total. The van der Waals surface area contributed by atoms with E-state index in [4.69, 9.17) is 0 Å². The molecule has 0 fully saturated rings. The Kier molecular flexibility index (Phi) is 4.24. The maximum Gasteiger partial charge on any atom is 0.230 e. The van der Waals surface area contributed by atoms with Crippen molar-refractivity contribution in [2.45, 2.75) is 31.2 Å². The fraction of sp³-hybridized carbons (Fsp3) is 0.417. The van der Waals surface area contributed by atoms with Gasteiger partial charge in [-0.05, 0) is 32.9 Å². The van der Waals surface area contributed by atoms with Crippen molar-refractivity contribution in [3.05, 3.63) is 24.3 Å². The van der Waals surface area contributed by atoms with Gasteiger partial charge < -0.3 is 10.4 Å². The van der Waals surface area contributed by atoms with Crippen molar-refractivity contribution in [2.24, 2.45) is 0 Å². The Labute approximate surface area is 100 Å². The molecule has 2 N–H and O–H groups in total. The van der Waals surface area contributed by atoms with E-state index in [1.54, 1.807) is 18.2 Å². The van der Waals surface area contributed by atoms with Gasteiger partial charge in [-0.3, -0.25) is 4.79 Å². The second kappa shape index (κ2) is 5.25. The van der Waals surface area contributed by atoms with Crippen LogP contribution in [0.5, 0.6) is 5.75 Å². The largest absolute Gasteiger partial charge is 0.507 e. The van der Waals surface area contributed by atoms with Crippen LogP contribution in [0.15, 0.2) is 29.2 Å². The van der Waals surface area contributed by atoms with Gasteiger partial charge in [-0.15, -0.1) is 11.8 Å². The van der Waals surface area contributed by atoms with Crippen LogP contribution in [0.1, 0.15) is 20.8 Å². The molecule has 88 valence electrons. The average molecular weight is 239 g/mol. The standard InChI is InChI=1S/C12H17NO2S/c1-12(2,3)13-11(15)8-16-10-7-5-4-6-9(10)14/h4-7,14H,8H2,1-3H3,(H,13,15). The first-order valence-electron chi connectivity index (χ1n) is 5.10. The molecule has 0 aliphatic carbocycles. The lowest BCUT2D eigenvalue weighted by Gasteiger charge is -2.20. The number of benzene rings is 1. The van der Waals surface area contributed by atoms with E-state index in [0.717, 1.165) is 4.90 Å². The molecule has 0 heterocycles. The number of phenols is 1. The summed E-state index contributed by atoms with van der Waals surface area (Å²) in [5.74, 6) is 0.506. The van der Waals surface area contributed by atoms with E-state index in [1.807, 2.05) is 26.8 Å². The first-order valence-corrected chi connectivity index (χ1v) is 6.09. The van der Waals surface area contributed by atoms with E-state index in [9.17, 15) is 9.90 Å². The Morgan fingerprint density at radius 2 is 2.00 bits per heavy atom. The van der Waals surface area contributed by atoms with Crippen molar-refractivity contribution in [2.75, 3.05) is 5.75 Å². The number of carbonyl (C=O) groups is 1. The molecule has 0 bridgehead atoms. The first kappa shape index (κ1) is 12.9. The van der Waals surface area contributed by atoms with Crippen LogP contribution >= 0.6 is 11.8 Å². The van der Waals surface area contributed by atoms with Gasteiger partial charge in [0.2, 0.25) is 5.91 Å². The van der Waals surface area contributed by atoms with Crippen molar-refractivity contribution in [1.82, 2.24) is 5.32 Å². The molecule has 0 saturated carbocycles. The SMILES string of the molecule is CC(C)(C)NC(=O)CSc1ccccc1O. The summed E-state index contributed by atoms with van der Waals surface area (Å²) in [5, 5.41) is 12.4. The Bertz CT molecular complexity index is 372. The van der Waals surface area contributed by atoms with E-state index >= 15 is 0 Å². The van der Waals surface area contributed by atoms with E-state index in [-0.39, 0.29) is 17.2 Å². The minimum Gasteiger partial charge on any atom is -0.507 e. The quantitative estimate of drug-likeness (QED) is 0.796. The zero-order valence-corrected chi connectivity index (χ0v) is 10.6. The summed E-state index contributed by atoms with van der Waals surface area (Å²) in [7, 11) is 0. The van der Waals surface area contributed by atoms with E-state index in [1.165, 1.54) is 11.8 Å². The maximum absolute atomic E-state index is 11.5. The van der Waals surface area contributed by atoms with Gasteiger partial charge in [0, 0.05) is 10.4 Å². The number of hydrogen-bond acceptors (Lipinski definition) is 3. The zero-order valence-electron chi connectivity index (χ0n) is 9.78. The van der Waals surface area contributed by atoms with Gasteiger partial charge in [0.15, 0.2) is 0 Å². The van der Waals surface area contributed by atoms with Crippen LogP contribution in [0.2, 0.25) is 0 Å². The lowest BCUT2D eigenvalue weighted by atomic mass is 10.1. The smallest absolute Gasteiger partial charge is 0.230 e. The van der Waals surface area contributed by atoms with Crippen molar-refractivity contribution < 1.29 is 9.90 Å². The summed E-state index contributed by atoms with van der Waals surface area (Å²) in [6.07, 6.45) is 0. The van der Waals surface area contributed by atoms with Crippen LogP contribution in [-0.4, -0.2) is 22.3 Å². The topological polar surface area (TPSA) is 49.3 Å². The van der Waals surface area contributed by atoms with Crippen molar-refractivity contribution in [3.8, 4) is 5.75 Å². The minimum atomic E-state index is -0.212. The van der Waals surface area contributed by atoms with Gasteiger partial charge >= 0.3 is 0 Å². The number of carbonyl (C=O) groups excluding carboxylic acids is 1. The number of amides is 1. The zero-order chi connectivity index (χ0) is 12.2. The van der Waals surface area contributed by atoms with Gasteiger partial charge in [-0.25, -0.2) is 0 Å².